The number of nitrogens with two attached hydrogens (primary N) is 2. The molecule has 27 heavy (non-hydrogen) atoms. The van der Waals surface area contributed by atoms with E-state index in [1.807, 2.05) is 6.07 Å². The number of sulfonamides is 1. The van der Waals surface area contributed by atoms with Gasteiger partial charge in [-0.2, -0.15) is 0 Å². The van der Waals surface area contributed by atoms with E-state index in [1.165, 1.54) is 6.07 Å². The van der Waals surface area contributed by atoms with Crippen LogP contribution in [0.25, 0.3) is 11.1 Å². The fraction of sp³-hybridized carbons (Fsp3) is 0.412. The lowest BCUT2D eigenvalue weighted by atomic mass is 10.0. The lowest BCUT2D eigenvalue weighted by molar-refractivity contribution is 0.0384. The Kier molecular flexibility index (Phi) is 5.97. The molecule has 0 bridgehead atoms. The Labute approximate surface area is 163 Å². The minimum atomic E-state index is -3.98. The number of rotatable bonds is 5. The molecule has 1 fully saturated rings. The molecular formula is C17H22ClN5O3S. The summed E-state index contributed by atoms with van der Waals surface area (Å²) in [6.07, 6.45) is 2.16. The number of halogens is 1. The minimum Gasteiger partial charge on any atom is -0.379 e. The zero-order chi connectivity index (χ0) is 19.6. The summed E-state index contributed by atoms with van der Waals surface area (Å²) in [6.45, 7) is 5.59. The molecule has 10 heteroatoms. The van der Waals surface area contributed by atoms with Crippen LogP contribution in [-0.2, 0) is 21.2 Å². The molecule has 0 unspecified atom stereocenters. The molecular weight excluding hydrogens is 390 g/mol. The average molecular weight is 412 g/mol. The zero-order valence-electron chi connectivity index (χ0n) is 15.0. The maximum Gasteiger partial charge on any atom is 0.239 e. The Hall–Kier alpha value is -1.78. The molecule has 146 valence electrons. The van der Waals surface area contributed by atoms with Crippen molar-refractivity contribution < 1.29 is 13.2 Å². The van der Waals surface area contributed by atoms with Gasteiger partial charge in [0.15, 0.2) is 0 Å². The lowest BCUT2D eigenvalue weighted by Crippen LogP contribution is -2.37. The molecule has 2 heterocycles. The van der Waals surface area contributed by atoms with Crippen LogP contribution in [0.5, 0.6) is 0 Å². The Morgan fingerprint density at radius 3 is 2.63 bits per heavy atom. The smallest absolute Gasteiger partial charge is 0.239 e. The van der Waals surface area contributed by atoms with Crippen LogP contribution in [0.1, 0.15) is 11.3 Å². The largest absolute Gasteiger partial charge is 0.379 e. The summed E-state index contributed by atoms with van der Waals surface area (Å²) in [4.78, 5) is 10.3. The van der Waals surface area contributed by atoms with E-state index in [1.54, 1.807) is 13.1 Å². The maximum absolute atomic E-state index is 12.0. The minimum absolute atomic E-state index is 0.102. The second-order valence-corrected chi connectivity index (χ2v) is 8.33. The van der Waals surface area contributed by atoms with Gasteiger partial charge in [0.1, 0.15) is 4.90 Å². The third-order valence-corrected chi connectivity index (χ3v) is 6.02. The number of hydrogen-bond acceptors (Lipinski definition) is 7. The number of ether oxygens (including phenoxy) is 1. The third kappa shape index (κ3) is 4.74. The van der Waals surface area contributed by atoms with Gasteiger partial charge in [0.05, 0.1) is 23.9 Å². The van der Waals surface area contributed by atoms with Crippen LogP contribution < -0.4 is 10.9 Å². The van der Waals surface area contributed by atoms with E-state index in [0.29, 0.717) is 42.0 Å². The number of benzene rings is 1. The highest BCUT2D eigenvalue weighted by molar-refractivity contribution is 7.89. The summed E-state index contributed by atoms with van der Waals surface area (Å²) < 4.78 is 29.5. The molecule has 1 aromatic heterocycles. The molecule has 3 rings (SSSR count). The highest BCUT2D eigenvalue weighted by Gasteiger charge is 2.20. The second kappa shape index (κ2) is 8.07. The standard InChI is InChI=1S/C17H22ClN5O3S/c1-11-14(10-21-17(19)22-11)13-8-12(2-3-23-4-6-26-7-5-23)16(18)15(9-13)27(20,24)25/h8-10H,2-7H2,1H3,(H2,19,21,22)(H2,20,24,25). The van der Waals surface area contributed by atoms with Gasteiger partial charge in [-0.3, -0.25) is 4.90 Å². The lowest BCUT2D eigenvalue weighted by Gasteiger charge is -2.26. The van der Waals surface area contributed by atoms with Crippen LogP contribution in [0, 0.1) is 6.92 Å². The molecule has 1 aliphatic heterocycles. The Morgan fingerprint density at radius 1 is 1.30 bits per heavy atom. The average Bonchev–Trinajstić information content (AvgIpc) is 2.61. The quantitative estimate of drug-likeness (QED) is 0.757. The van der Waals surface area contributed by atoms with Crippen molar-refractivity contribution in [3.8, 4) is 11.1 Å². The molecule has 0 radical (unpaired) electrons. The summed E-state index contributed by atoms with van der Waals surface area (Å²) >= 11 is 6.38. The molecule has 8 nitrogen and oxygen atoms in total. The zero-order valence-corrected chi connectivity index (χ0v) is 16.6. The number of morpholine rings is 1. The van der Waals surface area contributed by atoms with E-state index in [2.05, 4.69) is 14.9 Å². The van der Waals surface area contributed by atoms with E-state index < -0.39 is 10.0 Å². The fourth-order valence-electron chi connectivity index (χ4n) is 3.07. The molecule has 0 amide bonds. The number of aryl methyl sites for hydroxylation is 1. The predicted octanol–water partition coefficient (Wildman–Crippen LogP) is 1.21. The first-order chi connectivity index (χ1) is 12.8. The molecule has 0 atom stereocenters. The molecule has 1 aromatic carbocycles. The molecule has 0 saturated carbocycles. The fourth-order valence-corrected chi connectivity index (χ4v) is 4.27. The van der Waals surface area contributed by atoms with Gasteiger partial charge in [0.2, 0.25) is 16.0 Å². The summed E-state index contributed by atoms with van der Waals surface area (Å²) in [6, 6.07) is 3.32. The Morgan fingerprint density at radius 2 is 2.00 bits per heavy atom. The molecule has 0 aliphatic carbocycles. The normalized spacial score (nSPS) is 15.8. The van der Waals surface area contributed by atoms with Crippen molar-refractivity contribution in [3.05, 3.63) is 34.6 Å². The summed E-state index contributed by atoms with van der Waals surface area (Å²) in [7, 11) is -3.98. The summed E-state index contributed by atoms with van der Waals surface area (Å²) in [5, 5.41) is 5.54. The number of aromatic nitrogens is 2. The van der Waals surface area contributed by atoms with Gasteiger partial charge in [-0.1, -0.05) is 11.6 Å². The van der Waals surface area contributed by atoms with Gasteiger partial charge >= 0.3 is 0 Å². The molecule has 1 aliphatic rings. The number of hydrogen-bond donors (Lipinski definition) is 2. The second-order valence-electron chi connectivity index (χ2n) is 6.42. The van der Waals surface area contributed by atoms with Crippen molar-refractivity contribution in [2.24, 2.45) is 5.14 Å². The number of anilines is 1. The number of nitrogens with zero attached hydrogens (tertiary/aromatic N) is 3. The van der Waals surface area contributed by atoms with Crippen molar-refractivity contribution in [2.75, 3.05) is 38.6 Å². The Balaban J connectivity index is 2.01. The van der Waals surface area contributed by atoms with Crippen molar-refractivity contribution in [3.63, 3.8) is 0 Å². The van der Waals surface area contributed by atoms with E-state index in [4.69, 9.17) is 27.2 Å². The first kappa shape index (κ1) is 20.0. The highest BCUT2D eigenvalue weighted by Crippen LogP contribution is 2.32. The van der Waals surface area contributed by atoms with Crippen LogP contribution in [-0.4, -0.2) is 56.1 Å². The van der Waals surface area contributed by atoms with E-state index in [0.717, 1.165) is 19.6 Å². The molecule has 2 aromatic rings. The van der Waals surface area contributed by atoms with Crippen LogP contribution >= 0.6 is 11.6 Å². The van der Waals surface area contributed by atoms with Crippen molar-refractivity contribution in [1.82, 2.24) is 14.9 Å². The third-order valence-electron chi connectivity index (χ3n) is 4.53. The van der Waals surface area contributed by atoms with Crippen molar-refractivity contribution in [2.45, 2.75) is 18.2 Å². The summed E-state index contributed by atoms with van der Waals surface area (Å²) in [5.41, 5.74) is 8.28. The van der Waals surface area contributed by atoms with E-state index in [9.17, 15) is 8.42 Å². The monoisotopic (exact) mass is 411 g/mol. The first-order valence-electron chi connectivity index (χ1n) is 8.50. The summed E-state index contributed by atoms with van der Waals surface area (Å²) in [5.74, 6) is 0.157. The Bertz CT molecular complexity index is 946. The number of nitrogen functional groups attached to an aromatic ring is 1. The molecule has 4 N–H and O–H groups in total. The van der Waals surface area contributed by atoms with E-state index >= 15 is 0 Å². The van der Waals surface area contributed by atoms with E-state index in [-0.39, 0.29) is 15.9 Å². The number of primary sulfonamides is 1. The highest BCUT2D eigenvalue weighted by atomic mass is 35.5. The molecule has 1 saturated heterocycles. The predicted molar refractivity (Wildman–Crippen MR) is 104 cm³/mol. The van der Waals surface area contributed by atoms with Gasteiger partial charge in [-0.25, -0.2) is 23.5 Å². The van der Waals surface area contributed by atoms with Crippen LogP contribution in [0.2, 0.25) is 5.02 Å². The maximum atomic E-state index is 12.0. The van der Waals surface area contributed by atoms with Crippen molar-refractivity contribution in [1.29, 1.82) is 0 Å². The van der Waals surface area contributed by atoms with Gasteiger partial charge < -0.3 is 10.5 Å². The first-order valence-corrected chi connectivity index (χ1v) is 10.4. The molecule has 0 spiro atoms. The van der Waals surface area contributed by atoms with Crippen LogP contribution in [0.4, 0.5) is 5.95 Å². The SMILES string of the molecule is Cc1nc(N)ncc1-c1cc(CCN2CCOCC2)c(Cl)c(S(N)(=O)=O)c1. The topological polar surface area (TPSA) is 124 Å². The van der Waals surface area contributed by atoms with Crippen LogP contribution in [0.3, 0.4) is 0 Å². The van der Waals surface area contributed by atoms with Gasteiger partial charge in [-0.05, 0) is 36.6 Å². The van der Waals surface area contributed by atoms with Gasteiger partial charge in [0.25, 0.3) is 0 Å². The van der Waals surface area contributed by atoms with Crippen LogP contribution in [0.15, 0.2) is 23.2 Å². The van der Waals surface area contributed by atoms with Crippen molar-refractivity contribution >= 4 is 27.6 Å². The van der Waals surface area contributed by atoms with Gasteiger partial charge in [-0.15, -0.1) is 0 Å². The van der Waals surface area contributed by atoms with Gasteiger partial charge in [0, 0.05) is 31.4 Å².